The van der Waals surface area contributed by atoms with Gasteiger partial charge in [0.05, 0.1) is 0 Å². The van der Waals surface area contributed by atoms with E-state index in [2.05, 4.69) is 23.9 Å². The first-order valence-corrected chi connectivity index (χ1v) is 6.80. The summed E-state index contributed by atoms with van der Waals surface area (Å²) in [5.41, 5.74) is 0.154. The summed E-state index contributed by atoms with van der Waals surface area (Å²) in [5.74, 6) is -0.0696. The van der Waals surface area contributed by atoms with Crippen molar-refractivity contribution in [2.24, 2.45) is 0 Å². The molecule has 5 nitrogen and oxygen atoms in total. The minimum absolute atomic E-state index is 0.0696. The van der Waals surface area contributed by atoms with E-state index in [4.69, 9.17) is 0 Å². The minimum atomic E-state index is -0.231. The van der Waals surface area contributed by atoms with Crippen LogP contribution in [0.1, 0.15) is 30.3 Å². The Balaban J connectivity index is 2.23. The smallest absolute Gasteiger partial charge is 0.270 e. The maximum absolute atomic E-state index is 12.5. The van der Waals surface area contributed by atoms with Crippen molar-refractivity contribution < 1.29 is 4.79 Å². The van der Waals surface area contributed by atoms with Crippen molar-refractivity contribution in [1.82, 2.24) is 14.8 Å². The lowest BCUT2D eigenvalue weighted by molar-refractivity contribution is 0.0669. The number of amides is 1. The zero-order valence-electron chi connectivity index (χ0n) is 11.6. The maximum atomic E-state index is 12.5. The van der Waals surface area contributed by atoms with Crippen LogP contribution in [0, 0.1) is 0 Å². The molecule has 2 heterocycles. The fourth-order valence-corrected chi connectivity index (χ4v) is 2.59. The second kappa shape index (κ2) is 6.02. The van der Waals surface area contributed by atoms with Crippen molar-refractivity contribution in [3.8, 4) is 0 Å². The average Bonchev–Trinajstić information content (AvgIpc) is 2.59. The number of aromatic amines is 1. The van der Waals surface area contributed by atoms with Gasteiger partial charge in [0.15, 0.2) is 0 Å². The van der Waals surface area contributed by atoms with Crippen LogP contribution in [0.25, 0.3) is 0 Å². The van der Waals surface area contributed by atoms with Crippen molar-refractivity contribution in [3.05, 3.63) is 34.2 Å². The molecule has 1 aliphatic rings. The number of nitrogens with zero attached hydrogens (tertiary/aromatic N) is 2. The predicted octanol–water partition coefficient (Wildman–Crippen LogP) is 0.931. The summed E-state index contributed by atoms with van der Waals surface area (Å²) in [6, 6.07) is 4.93. The third-order valence-corrected chi connectivity index (χ3v) is 3.63. The van der Waals surface area contributed by atoms with Crippen LogP contribution in [0.15, 0.2) is 23.0 Å². The first-order valence-electron chi connectivity index (χ1n) is 6.80. The number of pyridine rings is 1. The maximum Gasteiger partial charge on any atom is 0.270 e. The normalized spacial score (nSPS) is 21.2. The molecule has 1 fully saturated rings. The Morgan fingerprint density at radius 3 is 2.89 bits per heavy atom. The lowest BCUT2D eigenvalue weighted by atomic mass is 10.1. The Kier molecular flexibility index (Phi) is 4.37. The third-order valence-electron chi connectivity index (χ3n) is 3.63. The lowest BCUT2D eigenvalue weighted by Gasteiger charge is -2.30. The summed E-state index contributed by atoms with van der Waals surface area (Å²) in [6.45, 7) is 4.74. The number of H-pyrrole nitrogens is 1. The van der Waals surface area contributed by atoms with E-state index >= 15 is 0 Å². The zero-order valence-corrected chi connectivity index (χ0v) is 11.6. The highest BCUT2D eigenvalue weighted by atomic mass is 16.2. The average molecular weight is 263 g/mol. The number of rotatable bonds is 2. The van der Waals surface area contributed by atoms with Gasteiger partial charge in [0, 0.05) is 25.2 Å². The largest absolute Gasteiger partial charge is 0.333 e. The van der Waals surface area contributed by atoms with Gasteiger partial charge in [0.1, 0.15) is 5.69 Å². The van der Waals surface area contributed by atoms with Crippen molar-refractivity contribution >= 4 is 5.91 Å². The summed E-state index contributed by atoms with van der Waals surface area (Å²) in [4.78, 5) is 30.6. The fourth-order valence-electron chi connectivity index (χ4n) is 2.59. The highest BCUT2D eigenvalue weighted by molar-refractivity contribution is 5.92. The number of nitrogens with one attached hydrogen (secondary N) is 1. The topological polar surface area (TPSA) is 56.4 Å². The lowest BCUT2D eigenvalue weighted by Crippen LogP contribution is -2.44. The van der Waals surface area contributed by atoms with Crippen molar-refractivity contribution in [3.63, 3.8) is 0 Å². The highest BCUT2D eigenvalue weighted by Gasteiger charge is 2.27. The Bertz CT molecular complexity index is 497. The summed E-state index contributed by atoms with van der Waals surface area (Å²) in [7, 11) is 2.08. The first kappa shape index (κ1) is 13.8. The van der Waals surface area contributed by atoms with Gasteiger partial charge in [-0.3, -0.25) is 9.59 Å². The molecule has 0 saturated carbocycles. The molecule has 1 unspecified atom stereocenters. The van der Waals surface area contributed by atoms with Crippen molar-refractivity contribution in [2.75, 3.05) is 26.7 Å². The van der Waals surface area contributed by atoms with E-state index in [0.29, 0.717) is 5.69 Å². The van der Waals surface area contributed by atoms with Gasteiger partial charge in [-0.05, 0) is 32.5 Å². The monoisotopic (exact) mass is 263 g/mol. The molecule has 0 aliphatic carbocycles. The van der Waals surface area contributed by atoms with Crippen LogP contribution in [0.2, 0.25) is 0 Å². The van der Waals surface area contributed by atoms with Gasteiger partial charge < -0.3 is 14.8 Å². The van der Waals surface area contributed by atoms with E-state index in [1.165, 1.54) is 6.07 Å². The van der Waals surface area contributed by atoms with Gasteiger partial charge in [0.2, 0.25) is 5.56 Å². The third kappa shape index (κ3) is 3.23. The Hall–Kier alpha value is -1.62. The fraction of sp³-hybridized carbons (Fsp3) is 0.571. The van der Waals surface area contributed by atoms with Crippen molar-refractivity contribution in [2.45, 2.75) is 25.8 Å². The summed E-state index contributed by atoms with van der Waals surface area (Å²) in [6.07, 6.45) is 1.89. The minimum Gasteiger partial charge on any atom is -0.333 e. The molecule has 0 bridgehead atoms. The molecule has 1 N–H and O–H groups in total. The molecule has 2 rings (SSSR count). The van der Waals surface area contributed by atoms with Crippen LogP contribution in [0.3, 0.4) is 0 Å². The quantitative estimate of drug-likeness (QED) is 0.863. The molecule has 1 aliphatic heterocycles. The summed E-state index contributed by atoms with van der Waals surface area (Å²) in [5, 5.41) is 0. The van der Waals surface area contributed by atoms with E-state index < -0.39 is 0 Å². The Morgan fingerprint density at radius 2 is 2.21 bits per heavy atom. The van der Waals surface area contributed by atoms with E-state index in [0.717, 1.165) is 32.5 Å². The number of likely N-dealkylation sites (N-methyl/N-ethyl adjacent to an activating group) is 1. The number of hydrogen-bond donors (Lipinski definition) is 1. The van der Waals surface area contributed by atoms with E-state index in [9.17, 15) is 9.59 Å². The van der Waals surface area contributed by atoms with Gasteiger partial charge in [-0.15, -0.1) is 0 Å². The second-order valence-electron chi connectivity index (χ2n) is 5.11. The number of aromatic nitrogens is 1. The number of hydrogen-bond acceptors (Lipinski definition) is 3. The van der Waals surface area contributed by atoms with Crippen LogP contribution in [0.4, 0.5) is 0 Å². The van der Waals surface area contributed by atoms with Crippen LogP contribution >= 0.6 is 0 Å². The second-order valence-corrected chi connectivity index (χ2v) is 5.11. The van der Waals surface area contributed by atoms with Gasteiger partial charge in [-0.2, -0.15) is 0 Å². The molecular weight excluding hydrogens is 242 g/mol. The molecule has 5 heteroatoms. The van der Waals surface area contributed by atoms with Gasteiger partial charge in [0.25, 0.3) is 5.91 Å². The number of carbonyl (C=O) groups is 1. The molecule has 1 saturated heterocycles. The SMILES string of the molecule is CCC1CN(C)CCCN1C(=O)c1cccc(=O)[nH]1. The molecule has 1 aromatic heterocycles. The van der Waals surface area contributed by atoms with Crippen LogP contribution in [0.5, 0.6) is 0 Å². The van der Waals surface area contributed by atoms with Gasteiger partial charge in [-0.25, -0.2) is 0 Å². The molecule has 0 aromatic carbocycles. The first-order chi connectivity index (χ1) is 9.11. The predicted molar refractivity (Wildman–Crippen MR) is 74.3 cm³/mol. The molecule has 0 spiro atoms. The van der Waals surface area contributed by atoms with Crippen molar-refractivity contribution in [1.29, 1.82) is 0 Å². The Morgan fingerprint density at radius 1 is 1.42 bits per heavy atom. The molecule has 0 radical (unpaired) electrons. The number of carbonyl (C=O) groups excluding carboxylic acids is 1. The molecule has 1 atom stereocenters. The molecule has 1 amide bonds. The summed E-state index contributed by atoms with van der Waals surface area (Å²) >= 11 is 0. The highest BCUT2D eigenvalue weighted by Crippen LogP contribution is 2.14. The van der Waals surface area contributed by atoms with E-state index in [-0.39, 0.29) is 17.5 Å². The zero-order chi connectivity index (χ0) is 13.8. The summed E-state index contributed by atoms with van der Waals surface area (Å²) < 4.78 is 0. The van der Waals surface area contributed by atoms with Crippen LogP contribution < -0.4 is 5.56 Å². The van der Waals surface area contributed by atoms with E-state index in [1.807, 2.05) is 4.90 Å². The van der Waals surface area contributed by atoms with E-state index in [1.54, 1.807) is 12.1 Å². The molecule has 1 aromatic rings. The molecule has 19 heavy (non-hydrogen) atoms. The molecule has 104 valence electrons. The molecular formula is C14H21N3O2. The van der Waals surface area contributed by atoms with Gasteiger partial charge >= 0.3 is 0 Å². The van der Waals surface area contributed by atoms with Crippen LogP contribution in [-0.2, 0) is 0 Å². The van der Waals surface area contributed by atoms with Crippen LogP contribution in [-0.4, -0.2) is 53.4 Å². The Labute approximate surface area is 113 Å². The van der Waals surface area contributed by atoms with Gasteiger partial charge in [-0.1, -0.05) is 13.0 Å². The standard InChI is InChI=1S/C14H21N3O2/c1-3-11-10-16(2)8-5-9-17(11)14(19)12-6-4-7-13(18)15-12/h4,6-7,11H,3,5,8-10H2,1-2H3,(H,15,18).